The van der Waals surface area contributed by atoms with Crippen molar-refractivity contribution in [2.24, 2.45) is 5.92 Å². The van der Waals surface area contributed by atoms with E-state index in [0.29, 0.717) is 6.04 Å². The van der Waals surface area contributed by atoms with Crippen LogP contribution in [0.25, 0.3) is 0 Å². The predicted octanol–water partition coefficient (Wildman–Crippen LogP) is 3.20. The lowest BCUT2D eigenvalue weighted by Crippen LogP contribution is -2.24. The highest BCUT2D eigenvalue weighted by atomic mass is 15.1. The zero-order valence-electron chi connectivity index (χ0n) is 11.2. The molecule has 0 amide bonds. The van der Waals surface area contributed by atoms with Gasteiger partial charge in [0.25, 0.3) is 0 Å². The van der Waals surface area contributed by atoms with Gasteiger partial charge in [0.1, 0.15) is 0 Å². The molecule has 1 saturated carbocycles. The fourth-order valence-corrected chi connectivity index (χ4v) is 2.28. The van der Waals surface area contributed by atoms with Crippen molar-refractivity contribution in [1.29, 1.82) is 0 Å². The Kier molecular flexibility index (Phi) is 4.06. The van der Waals surface area contributed by atoms with Gasteiger partial charge in [-0.15, -0.1) is 0 Å². The maximum Gasteiger partial charge on any atom is 0.0364 e. The van der Waals surface area contributed by atoms with Crippen molar-refractivity contribution in [3.63, 3.8) is 0 Å². The zero-order valence-corrected chi connectivity index (χ0v) is 11.2. The Morgan fingerprint density at radius 2 is 2.12 bits per heavy atom. The molecular weight excluding hydrogens is 208 g/mol. The summed E-state index contributed by atoms with van der Waals surface area (Å²) in [6, 6.07) is 9.50. The molecule has 2 rings (SSSR count). The van der Waals surface area contributed by atoms with Gasteiger partial charge in [-0.3, -0.25) is 0 Å². The first kappa shape index (κ1) is 12.4. The van der Waals surface area contributed by atoms with E-state index in [2.05, 4.69) is 55.5 Å². The monoisotopic (exact) mass is 232 g/mol. The zero-order chi connectivity index (χ0) is 12.3. The molecule has 0 radical (unpaired) electrons. The second-order valence-electron chi connectivity index (χ2n) is 5.26. The Morgan fingerprint density at radius 1 is 1.35 bits per heavy atom. The van der Waals surface area contributed by atoms with Crippen molar-refractivity contribution >= 4 is 5.69 Å². The van der Waals surface area contributed by atoms with Crippen molar-refractivity contribution < 1.29 is 0 Å². The summed E-state index contributed by atoms with van der Waals surface area (Å²) in [7, 11) is 4.20. The molecule has 94 valence electrons. The summed E-state index contributed by atoms with van der Waals surface area (Å²) in [5, 5.41) is 3.70. The SMILES string of the molecule is CCCNC(c1cccc(N(C)C)c1)C1CC1. The maximum atomic E-state index is 3.70. The number of anilines is 1. The number of benzene rings is 1. The Balaban J connectivity index is 2.14. The van der Waals surface area contributed by atoms with Gasteiger partial charge in [0.2, 0.25) is 0 Å². The average Bonchev–Trinajstić information content (AvgIpc) is 3.14. The number of nitrogens with one attached hydrogen (secondary N) is 1. The van der Waals surface area contributed by atoms with E-state index >= 15 is 0 Å². The molecule has 2 nitrogen and oxygen atoms in total. The predicted molar refractivity (Wildman–Crippen MR) is 74.5 cm³/mol. The molecule has 1 fully saturated rings. The van der Waals surface area contributed by atoms with Crippen LogP contribution in [0.15, 0.2) is 24.3 Å². The molecule has 1 atom stereocenters. The highest BCUT2D eigenvalue weighted by Gasteiger charge is 2.31. The maximum absolute atomic E-state index is 3.70. The minimum absolute atomic E-state index is 0.565. The second-order valence-corrected chi connectivity index (χ2v) is 5.26. The van der Waals surface area contributed by atoms with Gasteiger partial charge in [-0.05, 0) is 49.4 Å². The van der Waals surface area contributed by atoms with E-state index in [1.807, 2.05) is 0 Å². The fraction of sp³-hybridized carbons (Fsp3) is 0.600. The first-order valence-corrected chi connectivity index (χ1v) is 6.73. The quantitative estimate of drug-likeness (QED) is 0.810. The van der Waals surface area contributed by atoms with Crippen molar-refractivity contribution in [3.8, 4) is 0 Å². The van der Waals surface area contributed by atoms with Crippen LogP contribution >= 0.6 is 0 Å². The summed E-state index contributed by atoms with van der Waals surface area (Å²) in [6.07, 6.45) is 3.97. The first-order chi connectivity index (χ1) is 8.22. The summed E-state index contributed by atoms with van der Waals surface area (Å²) in [5.74, 6) is 0.860. The van der Waals surface area contributed by atoms with Crippen LogP contribution in [0.2, 0.25) is 0 Å². The largest absolute Gasteiger partial charge is 0.378 e. The van der Waals surface area contributed by atoms with Crippen LogP contribution in [0, 0.1) is 5.92 Å². The summed E-state index contributed by atoms with van der Waals surface area (Å²) in [6.45, 7) is 3.35. The van der Waals surface area contributed by atoms with E-state index < -0.39 is 0 Å². The van der Waals surface area contributed by atoms with Gasteiger partial charge in [0.15, 0.2) is 0 Å². The molecule has 1 aliphatic rings. The minimum atomic E-state index is 0.565. The molecule has 1 aliphatic carbocycles. The van der Waals surface area contributed by atoms with E-state index in [-0.39, 0.29) is 0 Å². The van der Waals surface area contributed by atoms with Crippen molar-refractivity contribution in [2.75, 3.05) is 25.5 Å². The van der Waals surface area contributed by atoms with Crippen molar-refractivity contribution in [3.05, 3.63) is 29.8 Å². The van der Waals surface area contributed by atoms with Crippen LogP contribution in [0.5, 0.6) is 0 Å². The molecule has 1 aromatic carbocycles. The van der Waals surface area contributed by atoms with Crippen LogP contribution in [0.1, 0.15) is 37.8 Å². The minimum Gasteiger partial charge on any atom is -0.378 e. The number of rotatable bonds is 6. The van der Waals surface area contributed by atoms with Gasteiger partial charge >= 0.3 is 0 Å². The Morgan fingerprint density at radius 3 is 2.71 bits per heavy atom. The van der Waals surface area contributed by atoms with Gasteiger partial charge in [0.05, 0.1) is 0 Å². The molecular formula is C15H24N2. The Bertz CT molecular complexity index is 356. The molecule has 1 aromatic rings. The van der Waals surface area contributed by atoms with E-state index in [9.17, 15) is 0 Å². The third-order valence-corrected chi connectivity index (χ3v) is 3.45. The van der Waals surface area contributed by atoms with Crippen LogP contribution in [-0.4, -0.2) is 20.6 Å². The lowest BCUT2D eigenvalue weighted by Gasteiger charge is -2.21. The normalized spacial score (nSPS) is 16.9. The van der Waals surface area contributed by atoms with Crippen LogP contribution in [0.3, 0.4) is 0 Å². The summed E-state index contributed by atoms with van der Waals surface area (Å²) < 4.78 is 0. The number of hydrogen-bond donors (Lipinski definition) is 1. The van der Waals surface area contributed by atoms with Crippen molar-refractivity contribution in [1.82, 2.24) is 5.32 Å². The first-order valence-electron chi connectivity index (χ1n) is 6.73. The van der Waals surface area contributed by atoms with Crippen LogP contribution < -0.4 is 10.2 Å². The third kappa shape index (κ3) is 3.22. The molecule has 0 aliphatic heterocycles. The third-order valence-electron chi connectivity index (χ3n) is 3.45. The van der Waals surface area contributed by atoms with Gasteiger partial charge < -0.3 is 10.2 Å². The van der Waals surface area contributed by atoms with E-state index in [0.717, 1.165) is 12.5 Å². The molecule has 0 spiro atoms. The molecule has 1 unspecified atom stereocenters. The standard InChI is InChI=1S/C15H24N2/c1-4-10-16-15(12-8-9-12)13-6-5-7-14(11-13)17(2)3/h5-7,11-12,15-16H,4,8-10H2,1-3H3. The number of nitrogens with zero attached hydrogens (tertiary/aromatic N) is 1. The van der Waals surface area contributed by atoms with E-state index in [1.165, 1.54) is 30.5 Å². The van der Waals surface area contributed by atoms with Gasteiger partial charge in [-0.25, -0.2) is 0 Å². The molecule has 2 heteroatoms. The number of hydrogen-bond acceptors (Lipinski definition) is 2. The van der Waals surface area contributed by atoms with E-state index in [1.54, 1.807) is 0 Å². The molecule has 0 saturated heterocycles. The fourth-order valence-electron chi connectivity index (χ4n) is 2.28. The lowest BCUT2D eigenvalue weighted by molar-refractivity contribution is 0.481. The molecule has 0 bridgehead atoms. The molecule has 1 N–H and O–H groups in total. The smallest absolute Gasteiger partial charge is 0.0364 e. The van der Waals surface area contributed by atoms with E-state index in [4.69, 9.17) is 0 Å². The topological polar surface area (TPSA) is 15.3 Å². The summed E-state index contributed by atoms with van der Waals surface area (Å²) in [5.41, 5.74) is 2.75. The van der Waals surface area contributed by atoms with Crippen LogP contribution in [0.4, 0.5) is 5.69 Å². The molecule has 17 heavy (non-hydrogen) atoms. The second kappa shape index (κ2) is 5.54. The molecule has 0 aromatic heterocycles. The highest BCUT2D eigenvalue weighted by Crippen LogP contribution is 2.41. The average molecular weight is 232 g/mol. The molecule has 0 heterocycles. The summed E-state index contributed by atoms with van der Waals surface area (Å²) in [4.78, 5) is 2.17. The highest BCUT2D eigenvalue weighted by molar-refractivity contribution is 5.48. The van der Waals surface area contributed by atoms with Crippen molar-refractivity contribution in [2.45, 2.75) is 32.2 Å². The van der Waals surface area contributed by atoms with Crippen LogP contribution in [-0.2, 0) is 0 Å². The Labute approximate surface area is 105 Å². The van der Waals surface area contributed by atoms with Gasteiger partial charge in [-0.1, -0.05) is 19.1 Å². The Hall–Kier alpha value is -1.02. The van der Waals surface area contributed by atoms with Gasteiger partial charge in [0, 0.05) is 25.8 Å². The van der Waals surface area contributed by atoms with Gasteiger partial charge in [-0.2, -0.15) is 0 Å². The summed E-state index contributed by atoms with van der Waals surface area (Å²) >= 11 is 0. The lowest BCUT2D eigenvalue weighted by atomic mass is 10.0.